The number of nitrogen functional groups attached to an aromatic ring is 1. The largest absolute Gasteiger partial charge is 0.493 e. The highest BCUT2D eigenvalue weighted by molar-refractivity contribution is 5.90. The second-order valence-electron chi connectivity index (χ2n) is 6.57. The zero-order valence-corrected chi connectivity index (χ0v) is 17.5. The number of rotatable bonds is 9. The fourth-order valence-electron chi connectivity index (χ4n) is 3.13. The molecule has 4 N–H and O–H groups in total. The predicted molar refractivity (Wildman–Crippen MR) is 113 cm³/mol. The first-order chi connectivity index (χ1) is 13.6. The van der Waals surface area contributed by atoms with Gasteiger partial charge in [-0.15, -0.1) is 12.4 Å². The summed E-state index contributed by atoms with van der Waals surface area (Å²) in [6.45, 7) is 2.48. The molecule has 1 aromatic carbocycles. The summed E-state index contributed by atoms with van der Waals surface area (Å²) in [5.74, 6) is 2.15. The Kier molecular flexibility index (Phi) is 8.69. The van der Waals surface area contributed by atoms with Crippen LogP contribution in [0.15, 0.2) is 12.1 Å². The van der Waals surface area contributed by atoms with Gasteiger partial charge in [0.25, 0.3) is 0 Å². The lowest BCUT2D eigenvalue weighted by Crippen LogP contribution is -2.35. The summed E-state index contributed by atoms with van der Waals surface area (Å²) in [6.07, 6.45) is 2.28. The smallest absolute Gasteiger partial charge is 0.249 e. The van der Waals surface area contributed by atoms with E-state index in [1.807, 2.05) is 0 Å². The first-order valence-corrected chi connectivity index (χ1v) is 9.40. The van der Waals surface area contributed by atoms with Crippen molar-refractivity contribution in [2.45, 2.75) is 31.9 Å². The highest BCUT2D eigenvalue weighted by Crippen LogP contribution is 2.33. The fourth-order valence-corrected chi connectivity index (χ4v) is 3.13. The molecule has 1 saturated heterocycles. The minimum absolute atomic E-state index is 0. The molecule has 1 aliphatic rings. The molecule has 3 rings (SSSR count). The van der Waals surface area contributed by atoms with E-state index in [-0.39, 0.29) is 24.4 Å². The summed E-state index contributed by atoms with van der Waals surface area (Å²) in [4.78, 5) is 20.7. The first-order valence-electron chi connectivity index (χ1n) is 9.40. The molecular weight excluding hydrogens is 398 g/mol. The lowest BCUT2D eigenvalue weighted by molar-refractivity contribution is -0.130. The topological polar surface area (TPSA) is 121 Å². The molecule has 0 bridgehead atoms. The number of anilines is 1. The van der Waals surface area contributed by atoms with E-state index in [2.05, 4.69) is 20.6 Å². The van der Waals surface area contributed by atoms with Gasteiger partial charge in [-0.2, -0.15) is 0 Å². The number of methoxy groups -OCH3 is 2. The number of carbonyl (C=O) groups is 1. The van der Waals surface area contributed by atoms with Crippen molar-refractivity contribution in [3.63, 3.8) is 0 Å². The van der Waals surface area contributed by atoms with Gasteiger partial charge in [-0.3, -0.25) is 4.79 Å². The predicted octanol–water partition coefficient (Wildman–Crippen LogP) is 1.43. The van der Waals surface area contributed by atoms with Gasteiger partial charge in [-0.1, -0.05) is 0 Å². The number of hydrogen-bond acceptors (Lipinski definition) is 8. The van der Waals surface area contributed by atoms with Crippen molar-refractivity contribution in [1.29, 1.82) is 0 Å². The number of nitrogens with two attached hydrogens (primary N) is 1. The van der Waals surface area contributed by atoms with Gasteiger partial charge in [-0.25, -0.2) is 9.97 Å². The number of nitrogens with one attached hydrogen (secondary N) is 2. The molecule has 160 valence electrons. The van der Waals surface area contributed by atoms with Crippen LogP contribution in [0.3, 0.4) is 0 Å². The Hall–Kier alpha value is -2.36. The molecule has 9 nitrogen and oxygen atoms in total. The van der Waals surface area contributed by atoms with Gasteiger partial charge in [0.15, 0.2) is 11.5 Å². The Morgan fingerprint density at radius 2 is 2.00 bits per heavy atom. The van der Waals surface area contributed by atoms with E-state index in [1.165, 1.54) is 0 Å². The third kappa shape index (κ3) is 5.81. The zero-order chi connectivity index (χ0) is 19.9. The van der Waals surface area contributed by atoms with E-state index < -0.39 is 0 Å². The first kappa shape index (κ1) is 22.9. The highest BCUT2D eigenvalue weighted by Gasteiger charge is 2.22. The van der Waals surface area contributed by atoms with Gasteiger partial charge in [0.05, 0.1) is 26.3 Å². The minimum Gasteiger partial charge on any atom is -0.493 e. The van der Waals surface area contributed by atoms with Crippen molar-refractivity contribution in [3.8, 4) is 11.5 Å². The molecule has 10 heteroatoms. The average Bonchev–Trinajstić information content (AvgIpc) is 3.24. The zero-order valence-electron chi connectivity index (χ0n) is 16.7. The SMILES string of the molecule is COc1cc2nc(CNCCCNC(=O)[C@@H]3CCCO3)nc(N)c2cc1OC.Cl. The molecule has 0 spiro atoms. The third-order valence-corrected chi connectivity index (χ3v) is 4.61. The van der Waals surface area contributed by atoms with Gasteiger partial charge in [0.2, 0.25) is 5.91 Å². The molecule has 2 heterocycles. The number of fused-ring (bicyclic) bond motifs is 1. The number of amides is 1. The molecule has 1 atom stereocenters. The van der Waals surface area contributed by atoms with E-state index in [1.54, 1.807) is 26.4 Å². The second-order valence-corrected chi connectivity index (χ2v) is 6.57. The summed E-state index contributed by atoms with van der Waals surface area (Å²) in [5.41, 5.74) is 6.78. The van der Waals surface area contributed by atoms with Crippen LogP contribution < -0.4 is 25.8 Å². The standard InChI is InChI=1S/C19H27N5O4.ClH/c1-26-15-9-12-13(10-16(15)27-2)23-17(24-18(12)20)11-21-6-4-7-22-19(25)14-5-3-8-28-14;/h9-10,14,21H,3-8,11H2,1-2H3,(H,22,25)(H2,20,23,24);1H/t14-;/m0./s1. The van der Waals surface area contributed by atoms with Crippen molar-refractivity contribution in [1.82, 2.24) is 20.6 Å². The van der Waals surface area contributed by atoms with E-state index in [0.717, 1.165) is 31.2 Å². The molecule has 0 unspecified atom stereocenters. The van der Waals surface area contributed by atoms with Gasteiger partial charge in [-0.05, 0) is 31.9 Å². The van der Waals surface area contributed by atoms with Crippen molar-refractivity contribution >= 4 is 35.0 Å². The van der Waals surface area contributed by atoms with Crippen LogP contribution in [0.1, 0.15) is 25.1 Å². The van der Waals surface area contributed by atoms with Crippen LogP contribution in [0.4, 0.5) is 5.82 Å². The van der Waals surface area contributed by atoms with Crippen molar-refractivity contribution < 1.29 is 19.0 Å². The number of ether oxygens (including phenoxy) is 3. The van der Waals surface area contributed by atoms with Crippen LogP contribution in [0.5, 0.6) is 11.5 Å². The molecule has 1 aliphatic heterocycles. The second kappa shape index (κ2) is 11.0. The van der Waals surface area contributed by atoms with Crippen molar-refractivity contribution in [3.05, 3.63) is 18.0 Å². The maximum absolute atomic E-state index is 11.8. The van der Waals surface area contributed by atoms with Crippen molar-refractivity contribution in [2.24, 2.45) is 0 Å². The van der Waals surface area contributed by atoms with Gasteiger partial charge in [0, 0.05) is 24.6 Å². The van der Waals surface area contributed by atoms with Crippen LogP contribution in [-0.4, -0.2) is 55.9 Å². The Morgan fingerprint density at radius 3 is 2.69 bits per heavy atom. The molecule has 29 heavy (non-hydrogen) atoms. The minimum atomic E-state index is -0.280. The number of carbonyl (C=O) groups excluding carboxylic acids is 1. The lowest BCUT2D eigenvalue weighted by atomic mass is 10.2. The maximum atomic E-state index is 11.8. The molecule has 0 radical (unpaired) electrons. The molecule has 1 aromatic heterocycles. The number of hydrogen-bond donors (Lipinski definition) is 3. The molecule has 2 aromatic rings. The van der Waals surface area contributed by atoms with Gasteiger partial charge in [0.1, 0.15) is 17.7 Å². The quantitative estimate of drug-likeness (QED) is 0.516. The number of nitrogens with zero attached hydrogens (tertiary/aromatic N) is 2. The highest BCUT2D eigenvalue weighted by atomic mass is 35.5. The van der Waals surface area contributed by atoms with Crippen molar-refractivity contribution in [2.75, 3.05) is 39.6 Å². The molecule has 0 aliphatic carbocycles. The van der Waals surface area contributed by atoms with E-state index in [0.29, 0.717) is 48.4 Å². The van der Waals surface area contributed by atoms with Crippen LogP contribution in [-0.2, 0) is 16.1 Å². The summed E-state index contributed by atoms with van der Waals surface area (Å²) >= 11 is 0. The Balaban J connectivity index is 0.00000300. The van der Waals surface area contributed by atoms with Crippen LogP contribution >= 0.6 is 12.4 Å². The maximum Gasteiger partial charge on any atom is 0.249 e. The molecule has 1 amide bonds. The van der Waals surface area contributed by atoms with E-state index in [4.69, 9.17) is 19.9 Å². The Morgan fingerprint density at radius 1 is 1.24 bits per heavy atom. The number of aromatic nitrogens is 2. The van der Waals surface area contributed by atoms with E-state index >= 15 is 0 Å². The van der Waals surface area contributed by atoms with Gasteiger partial charge >= 0.3 is 0 Å². The molecule has 0 saturated carbocycles. The fraction of sp³-hybridized carbons (Fsp3) is 0.526. The van der Waals surface area contributed by atoms with Gasteiger partial charge < -0.3 is 30.6 Å². The Bertz CT molecular complexity index is 830. The third-order valence-electron chi connectivity index (χ3n) is 4.61. The summed E-state index contributed by atoms with van der Waals surface area (Å²) < 4.78 is 16.0. The van der Waals surface area contributed by atoms with Crippen LogP contribution in [0.25, 0.3) is 10.9 Å². The molecular formula is C19H28ClN5O4. The van der Waals surface area contributed by atoms with Crippen LogP contribution in [0.2, 0.25) is 0 Å². The average molecular weight is 426 g/mol. The summed E-state index contributed by atoms with van der Waals surface area (Å²) in [5, 5.41) is 6.89. The summed E-state index contributed by atoms with van der Waals surface area (Å²) in [7, 11) is 3.15. The lowest BCUT2D eigenvalue weighted by Gasteiger charge is -2.12. The summed E-state index contributed by atoms with van der Waals surface area (Å²) in [6, 6.07) is 3.56. The number of halogens is 1. The normalized spacial score (nSPS) is 15.7. The van der Waals surface area contributed by atoms with E-state index in [9.17, 15) is 4.79 Å². The monoisotopic (exact) mass is 425 g/mol. The Labute approximate surface area is 176 Å². The number of benzene rings is 1. The molecule has 1 fully saturated rings. The van der Waals surface area contributed by atoms with Crippen LogP contribution in [0, 0.1) is 0 Å².